The van der Waals surface area contributed by atoms with E-state index in [1.165, 1.54) is 38.8 Å². The van der Waals surface area contributed by atoms with Crippen LogP contribution in [0, 0.1) is 11.8 Å². The summed E-state index contributed by atoms with van der Waals surface area (Å²) in [6.07, 6.45) is 5.24. The molecular weight excluding hydrogens is 206 g/mol. The van der Waals surface area contributed by atoms with Crippen LogP contribution in [0.1, 0.15) is 46.5 Å². The van der Waals surface area contributed by atoms with E-state index in [0.717, 1.165) is 23.8 Å². The zero-order valence-corrected chi connectivity index (χ0v) is 11.3. The lowest BCUT2D eigenvalue weighted by atomic mass is 9.92. The third-order valence-electron chi connectivity index (χ3n) is 3.79. The van der Waals surface area contributed by atoms with E-state index in [2.05, 4.69) is 25.7 Å². The number of alkyl halides is 1. The van der Waals surface area contributed by atoms with Crippen molar-refractivity contribution in [3.8, 4) is 0 Å². The summed E-state index contributed by atoms with van der Waals surface area (Å²) >= 11 is 5.75. The highest BCUT2D eigenvalue weighted by Crippen LogP contribution is 2.23. The molecule has 90 valence electrons. The first-order chi connectivity index (χ1) is 7.13. The largest absolute Gasteiger partial charge is 0.301 e. The lowest BCUT2D eigenvalue weighted by Crippen LogP contribution is -2.41. The van der Waals surface area contributed by atoms with Crippen molar-refractivity contribution in [1.29, 1.82) is 0 Å². The molecule has 0 N–H and O–H groups in total. The Morgan fingerprint density at radius 2 is 2.07 bits per heavy atom. The summed E-state index contributed by atoms with van der Waals surface area (Å²) in [6, 6.07) is 0.789. The minimum Gasteiger partial charge on any atom is -0.301 e. The molecule has 0 aromatic rings. The highest BCUT2D eigenvalue weighted by atomic mass is 35.5. The van der Waals surface area contributed by atoms with Gasteiger partial charge in [-0.2, -0.15) is 0 Å². The third kappa shape index (κ3) is 4.74. The first kappa shape index (κ1) is 13.3. The second-order valence-electron chi connectivity index (χ2n) is 5.39. The molecule has 1 fully saturated rings. The van der Waals surface area contributed by atoms with Gasteiger partial charge in [0.15, 0.2) is 0 Å². The van der Waals surface area contributed by atoms with E-state index in [9.17, 15) is 0 Å². The van der Waals surface area contributed by atoms with Crippen LogP contribution in [0.25, 0.3) is 0 Å². The molecule has 15 heavy (non-hydrogen) atoms. The zero-order valence-electron chi connectivity index (χ0n) is 10.5. The van der Waals surface area contributed by atoms with Crippen LogP contribution in [-0.4, -0.2) is 29.9 Å². The molecule has 3 atom stereocenters. The number of hydrogen-bond donors (Lipinski definition) is 0. The predicted octanol–water partition coefficient (Wildman–Crippen LogP) is 3.76. The van der Waals surface area contributed by atoms with E-state index in [1.54, 1.807) is 0 Å². The Kier molecular flexibility index (Phi) is 5.99. The number of likely N-dealkylation sites (tertiary alicyclic amines) is 1. The third-order valence-corrected chi connectivity index (χ3v) is 4.01. The maximum absolute atomic E-state index is 5.75. The summed E-state index contributed by atoms with van der Waals surface area (Å²) in [6.45, 7) is 9.65. The van der Waals surface area contributed by atoms with Gasteiger partial charge in [-0.15, -0.1) is 11.6 Å². The fourth-order valence-electron chi connectivity index (χ4n) is 2.50. The summed E-state index contributed by atoms with van der Waals surface area (Å²) in [5.41, 5.74) is 0. The molecule has 0 bridgehead atoms. The number of nitrogens with zero attached hydrogens (tertiary/aromatic N) is 1. The van der Waals surface area contributed by atoms with Gasteiger partial charge in [0.1, 0.15) is 0 Å². The highest BCUT2D eigenvalue weighted by Gasteiger charge is 2.22. The molecule has 1 heterocycles. The lowest BCUT2D eigenvalue weighted by molar-refractivity contribution is 0.122. The van der Waals surface area contributed by atoms with Gasteiger partial charge in [-0.1, -0.05) is 13.8 Å². The van der Waals surface area contributed by atoms with E-state index < -0.39 is 0 Å². The molecule has 1 aliphatic rings. The Morgan fingerprint density at radius 1 is 1.33 bits per heavy atom. The molecule has 3 unspecified atom stereocenters. The van der Waals surface area contributed by atoms with Gasteiger partial charge < -0.3 is 4.90 Å². The standard InChI is InChI=1S/C13H26ClN/c1-11(4-7-14)5-8-15-9-6-12(2)10-13(15)3/h11-13H,4-10H2,1-3H3. The molecule has 1 saturated heterocycles. The van der Waals surface area contributed by atoms with Crippen LogP contribution < -0.4 is 0 Å². The molecule has 0 aromatic carbocycles. The predicted molar refractivity (Wildman–Crippen MR) is 68.6 cm³/mol. The van der Waals surface area contributed by atoms with Crippen LogP contribution in [0.3, 0.4) is 0 Å². The van der Waals surface area contributed by atoms with Crippen LogP contribution in [0.15, 0.2) is 0 Å². The SMILES string of the molecule is CC(CCCl)CCN1CCC(C)CC1C. The quantitative estimate of drug-likeness (QED) is 0.652. The molecule has 0 spiro atoms. The van der Waals surface area contributed by atoms with E-state index in [4.69, 9.17) is 11.6 Å². The van der Waals surface area contributed by atoms with E-state index in [1.807, 2.05) is 0 Å². The van der Waals surface area contributed by atoms with Crippen LogP contribution in [0.5, 0.6) is 0 Å². The summed E-state index contributed by atoms with van der Waals surface area (Å²) in [5.74, 6) is 2.53. The summed E-state index contributed by atoms with van der Waals surface area (Å²) in [7, 11) is 0. The first-order valence-corrected chi connectivity index (χ1v) is 6.97. The van der Waals surface area contributed by atoms with Gasteiger partial charge in [0.2, 0.25) is 0 Å². The Hall–Kier alpha value is 0.250. The van der Waals surface area contributed by atoms with Crippen LogP contribution in [0.2, 0.25) is 0 Å². The molecule has 1 aliphatic heterocycles. The van der Waals surface area contributed by atoms with Crippen molar-refractivity contribution in [3.05, 3.63) is 0 Å². The molecule has 0 amide bonds. The van der Waals surface area contributed by atoms with Gasteiger partial charge in [-0.3, -0.25) is 0 Å². The van der Waals surface area contributed by atoms with E-state index in [0.29, 0.717) is 0 Å². The van der Waals surface area contributed by atoms with Gasteiger partial charge in [0, 0.05) is 11.9 Å². The first-order valence-electron chi connectivity index (χ1n) is 6.43. The number of hydrogen-bond acceptors (Lipinski definition) is 1. The fraction of sp³-hybridized carbons (Fsp3) is 1.00. The Labute approximate surface area is 100 Å². The molecular formula is C13H26ClN. The normalized spacial score (nSPS) is 30.4. The van der Waals surface area contributed by atoms with Gasteiger partial charge in [-0.05, 0) is 57.5 Å². The molecule has 0 aromatic heterocycles. The topological polar surface area (TPSA) is 3.24 Å². The number of piperidine rings is 1. The summed E-state index contributed by atoms with van der Waals surface area (Å²) in [5, 5.41) is 0. The average molecular weight is 232 g/mol. The maximum atomic E-state index is 5.75. The Bertz CT molecular complexity index is 172. The molecule has 0 radical (unpaired) electrons. The van der Waals surface area contributed by atoms with Crippen molar-refractivity contribution < 1.29 is 0 Å². The fourth-order valence-corrected chi connectivity index (χ4v) is 2.88. The van der Waals surface area contributed by atoms with Crippen molar-refractivity contribution in [2.45, 2.75) is 52.5 Å². The van der Waals surface area contributed by atoms with Crippen LogP contribution in [-0.2, 0) is 0 Å². The monoisotopic (exact) mass is 231 g/mol. The van der Waals surface area contributed by atoms with Crippen LogP contribution in [0.4, 0.5) is 0 Å². The van der Waals surface area contributed by atoms with E-state index in [-0.39, 0.29) is 0 Å². The molecule has 0 aliphatic carbocycles. The number of halogens is 1. The second kappa shape index (κ2) is 6.75. The summed E-state index contributed by atoms with van der Waals surface area (Å²) in [4.78, 5) is 2.66. The van der Waals surface area contributed by atoms with Gasteiger partial charge >= 0.3 is 0 Å². The smallest absolute Gasteiger partial charge is 0.0225 e. The molecule has 1 nitrogen and oxygen atoms in total. The minimum absolute atomic E-state index is 0.786. The molecule has 1 rings (SSSR count). The van der Waals surface area contributed by atoms with Crippen molar-refractivity contribution in [2.75, 3.05) is 19.0 Å². The van der Waals surface area contributed by atoms with Crippen molar-refractivity contribution >= 4 is 11.6 Å². The van der Waals surface area contributed by atoms with Crippen molar-refractivity contribution in [1.82, 2.24) is 4.90 Å². The van der Waals surface area contributed by atoms with Crippen molar-refractivity contribution in [3.63, 3.8) is 0 Å². The van der Waals surface area contributed by atoms with Gasteiger partial charge in [0.05, 0.1) is 0 Å². The molecule has 2 heteroatoms. The summed E-state index contributed by atoms with van der Waals surface area (Å²) < 4.78 is 0. The Balaban J connectivity index is 2.20. The highest BCUT2D eigenvalue weighted by molar-refractivity contribution is 6.17. The average Bonchev–Trinajstić information content (AvgIpc) is 2.17. The zero-order chi connectivity index (χ0) is 11.3. The van der Waals surface area contributed by atoms with Gasteiger partial charge in [0.25, 0.3) is 0 Å². The van der Waals surface area contributed by atoms with Crippen LogP contribution >= 0.6 is 11.6 Å². The minimum atomic E-state index is 0.786. The van der Waals surface area contributed by atoms with Gasteiger partial charge in [-0.25, -0.2) is 0 Å². The Morgan fingerprint density at radius 3 is 2.67 bits per heavy atom. The van der Waals surface area contributed by atoms with E-state index >= 15 is 0 Å². The van der Waals surface area contributed by atoms with Crippen molar-refractivity contribution in [2.24, 2.45) is 11.8 Å². The number of rotatable bonds is 5. The second-order valence-corrected chi connectivity index (χ2v) is 5.76. The lowest BCUT2D eigenvalue weighted by Gasteiger charge is -2.37. The maximum Gasteiger partial charge on any atom is 0.0225 e. The molecule has 0 saturated carbocycles.